The molecule has 0 atom stereocenters. The molecular formula is C18H19N3O. The van der Waals surface area contributed by atoms with E-state index in [9.17, 15) is 0 Å². The standard InChI is InChI=1S/C18H19N3O/c1-21-16-9-5-4-8-15(16)20-18(21)13-19-12-11-14-7-3-6-10-17(14)22-2/h3-10,13H,11-12H2,1-2H3. The van der Waals surface area contributed by atoms with Crippen LogP contribution in [0.4, 0.5) is 0 Å². The van der Waals surface area contributed by atoms with E-state index in [4.69, 9.17) is 4.74 Å². The molecule has 22 heavy (non-hydrogen) atoms. The third-order valence-corrected chi connectivity index (χ3v) is 3.73. The summed E-state index contributed by atoms with van der Waals surface area (Å²) in [6.07, 6.45) is 2.69. The van der Waals surface area contributed by atoms with Crippen LogP contribution in [-0.2, 0) is 13.5 Å². The number of imidazole rings is 1. The lowest BCUT2D eigenvalue weighted by Gasteiger charge is -2.05. The molecule has 0 fully saturated rings. The highest BCUT2D eigenvalue weighted by atomic mass is 16.5. The number of para-hydroxylation sites is 3. The van der Waals surface area contributed by atoms with Crippen LogP contribution < -0.4 is 4.74 Å². The van der Waals surface area contributed by atoms with Crippen LogP contribution in [0.1, 0.15) is 11.4 Å². The summed E-state index contributed by atoms with van der Waals surface area (Å²) in [5, 5.41) is 0. The second-order valence-electron chi connectivity index (χ2n) is 5.11. The molecule has 0 spiro atoms. The molecular weight excluding hydrogens is 274 g/mol. The smallest absolute Gasteiger partial charge is 0.151 e. The molecule has 0 saturated carbocycles. The van der Waals surface area contributed by atoms with Gasteiger partial charge in [-0.05, 0) is 30.2 Å². The van der Waals surface area contributed by atoms with Gasteiger partial charge in [-0.15, -0.1) is 0 Å². The molecule has 0 aliphatic carbocycles. The van der Waals surface area contributed by atoms with Crippen LogP contribution in [0.25, 0.3) is 11.0 Å². The molecule has 0 aliphatic heterocycles. The van der Waals surface area contributed by atoms with Crippen LogP contribution in [0.2, 0.25) is 0 Å². The molecule has 4 nitrogen and oxygen atoms in total. The number of aromatic nitrogens is 2. The molecule has 0 unspecified atom stereocenters. The topological polar surface area (TPSA) is 39.4 Å². The van der Waals surface area contributed by atoms with E-state index in [2.05, 4.69) is 26.7 Å². The highest BCUT2D eigenvalue weighted by molar-refractivity contribution is 5.84. The third kappa shape index (κ3) is 2.86. The highest BCUT2D eigenvalue weighted by Gasteiger charge is 2.04. The van der Waals surface area contributed by atoms with Crippen LogP contribution in [-0.4, -0.2) is 29.4 Å². The van der Waals surface area contributed by atoms with E-state index in [1.165, 1.54) is 5.56 Å². The molecule has 0 aliphatic rings. The maximum absolute atomic E-state index is 5.35. The minimum Gasteiger partial charge on any atom is -0.496 e. The molecule has 4 heteroatoms. The van der Waals surface area contributed by atoms with Crippen LogP contribution in [0.15, 0.2) is 53.5 Å². The van der Waals surface area contributed by atoms with Gasteiger partial charge >= 0.3 is 0 Å². The Morgan fingerprint density at radius 2 is 1.91 bits per heavy atom. The van der Waals surface area contributed by atoms with Crippen molar-refractivity contribution in [3.05, 3.63) is 59.9 Å². The quantitative estimate of drug-likeness (QED) is 0.677. The van der Waals surface area contributed by atoms with Crippen molar-refractivity contribution in [2.24, 2.45) is 12.0 Å². The number of aryl methyl sites for hydroxylation is 1. The molecule has 0 radical (unpaired) electrons. The first-order chi connectivity index (χ1) is 10.8. The lowest BCUT2D eigenvalue weighted by molar-refractivity contribution is 0.410. The second-order valence-corrected chi connectivity index (χ2v) is 5.11. The minimum atomic E-state index is 0.712. The number of hydrogen-bond donors (Lipinski definition) is 0. The number of fused-ring (bicyclic) bond motifs is 1. The van der Waals surface area contributed by atoms with E-state index in [-0.39, 0.29) is 0 Å². The number of ether oxygens (including phenoxy) is 1. The minimum absolute atomic E-state index is 0.712. The van der Waals surface area contributed by atoms with Crippen molar-refractivity contribution in [1.82, 2.24) is 9.55 Å². The van der Waals surface area contributed by atoms with Gasteiger partial charge in [0.2, 0.25) is 0 Å². The predicted molar refractivity (Wildman–Crippen MR) is 89.9 cm³/mol. The van der Waals surface area contributed by atoms with Gasteiger partial charge in [0.1, 0.15) is 5.75 Å². The van der Waals surface area contributed by atoms with E-state index in [1.54, 1.807) is 7.11 Å². The SMILES string of the molecule is COc1ccccc1CCN=Cc1nc2ccccc2n1C. The third-order valence-electron chi connectivity index (χ3n) is 3.73. The lowest BCUT2D eigenvalue weighted by atomic mass is 10.1. The van der Waals surface area contributed by atoms with Crippen LogP contribution in [0.5, 0.6) is 5.75 Å². The molecule has 0 N–H and O–H groups in total. The van der Waals surface area contributed by atoms with Gasteiger partial charge in [-0.3, -0.25) is 4.99 Å². The number of benzene rings is 2. The number of nitrogens with zero attached hydrogens (tertiary/aromatic N) is 3. The Labute approximate surface area is 130 Å². The van der Waals surface area contributed by atoms with E-state index in [0.29, 0.717) is 6.54 Å². The van der Waals surface area contributed by atoms with Crippen molar-refractivity contribution in [2.45, 2.75) is 6.42 Å². The van der Waals surface area contributed by atoms with E-state index < -0.39 is 0 Å². The zero-order chi connectivity index (χ0) is 15.4. The second kappa shape index (κ2) is 6.43. The van der Waals surface area contributed by atoms with E-state index in [0.717, 1.165) is 29.0 Å². The van der Waals surface area contributed by atoms with Crippen molar-refractivity contribution in [1.29, 1.82) is 0 Å². The van der Waals surface area contributed by atoms with Crippen molar-refractivity contribution >= 4 is 17.2 Å². The number of hydrogen-bond acceptors (Lipinski definition) is 3. The largest absolute Gasteiger partial charge is 0.496 e. The Hall–Kier alpha value is -2.62. The Morgan fingerprint density at radius 1 is 1.14 bits per heavy atom. The van der Waals surface area contributed by atoms with Gasteiger partial charge in [-0.25, -0.2) is 4.98 Å². The Balaban J connectivity index is 1.70. The van der Waals surface area contributed by atoms with Gasteiger partial charge in [0.25, 0.3) is 0 Å². The van der Waals surface area contributed by atoms with E-state index in [1.807, 2.05) is 49.7 Å². The molecule has 0 amide bonds. The fraction of sp³-hybridized carbons (Fsp3) is 0.222. The summed E-state index contributed by atoms with van der Waals surface area (Å²) in [5.41, 5.74) is 3.29. The molecule has 0 bridgehead atoms. The monoisotopic (exact) mass is 293 g/mol. The van der Waals surface area contributed by atoms with Gasteiger partial charge in [-0.1, -0.05) is 30.3 Å². The first-order valence-corrected chi connectivity index (χ1v) is 7.33. The van der Waals surface area contributed by atoms with Gasteiger partial charge < -0.3 is 9.30 Å². The maximum Gasteiger partial charge on any atom is 0.151 e. The summed E-state index contributed by atoms with van der Waals surface area (Å²) in [5.74, 6) is 1.79. The highest BCUT2D eigenvalue weighted by Crippen LogP contribution is 2.17. The summed E-state index contributed by atoms with van der Waals surface area (Å²) in [6, 6.07) is 16.1. The van der Waals surface area contributed by atoms with Gasteiger partial charge in [0.05, 0.1) is 24.4 Å². The molecule has 1 aromatic heterocycles. The van der Waals surface area contributed by atoms with Crippen LogP contribution in [0.3, 0.4) is 0 Å². The first kappa shape index (κ1) is 14.3. The fourth-order valence-corrected chi connectivity index (χ4v) is 2.52. The lowest BCUT2D eigenvalue weighted by Crippen LogP contribution is -1.98. The molecule has 3 aromatic rings. The number of aliphatic imine (C=N–C) groups is 1. The average molecular weight is 293 g/mol. The van der Waals surface area contributed by atoms with Crippen molar-refractivity contribution in [3.8, 4) is 5.75 Å². The zero-order valence-electron chi connectivity index (χ0n) is 12.9. The number of rotatable bonds is 5. The summed E-state index contributed by atoms with van der Waals surface area (Å²) in [7, 11) is 3.71. The summed E-state index contributed by atoms with van der Waals surface area (Å²) in [6.45, 7) is 0.712. The van der Waals surface area contributed by atoms with E-state index >= 15 is 0 Å². The average Bonchev–Trinajstić information content (AvgIpc) is 2.88. The molecule has 0 saturated heterocycles. The Morgan fingerprint density at radius 3 is 2.73 bits per heavy atom. The molecule has 1 heterocycles. The maximum atomic E-state index is 5.35. The van der Waals surface area contributed by atoms with Crippen molar-refractivity contribution in [2.75, 3.05) is 13.7 Å². The van der Waals surface area contributed by atoms with Crippen LogP contribution >= 0.6 is 0 Å². The predicted octanol–water partition coefficient (Wildman–Crippen LogP) is 3.24. The Kier molecular flexibility index (Phi) is 4.19. The van der Waals surface area contributed by atoms with Gasteiger partial charge in [0.15, 0.2) is 5.82 Å². The molecule has 3 rings (SSSR count). The summed E-state index contributed by atoms with van der Waals surface area (Å²) < 4.78 is 7.41. The normalized spacial score (nSPS) is 11.4. The Bertz CT molecular complexity index is 805. The first-order valence-electron chi connectivity index (χ1n) is 7.33. The number of methoxy groups -OCH3 is 1. The van der Waals surface area contributed by atoms with Crippen molar-refractivity contribution in [3.63, 3.8) is 0 Å². The fourth-order valence-electron chi connectivity index (χ4n) is 2.52. The summed E-state index contributed by atoms with van der Waals surface area (Å²) in [4.78, 5) is 9.08. The molecule has 2 aromatic carbocycles. The van der Waals surface area contributed by atoms with Gasteiger partial charge in [-0.2, -0.15) is 0 Å². The summed E-state index contributed by atoms with van der Waals surface area (Å²) >= 11 is 0. The molecule has 112 valence electrons. The zero-order valence-corrected chi connectivity index (χ0v) is 12.9. The van der Waals surface area contributed by atoms with Crippen molar-refractivity contribution < 1.29 is 4.74 Å². The van der Waals surface area contributed by atoms with Crippen LogP contribution in [0, 0.1) is 0 Å². The van der Waals surface area contributed by atoms with Gasteiger partial charge in [0, 0.05) is 13.6 Å².